The van der Waals surface area contributed by atoms with Crippen molar-refractivity contribution in [3.05, 3.63) is 65.2 Å². The summed E-state index contributed by atoms with van der Waals surface area (Å²) in [5, 5.41) is 0. The molecule has 1 saturated heterocycles. The van der Waals surface area contributed by atoms with Crippen LogP contribution in [0.1, 0.15) is 36.5 Å². The second-order valence-electron chi connectivity index (χ2n) is 7.46. The molecule has 0 saturated carbocycles. The molecule has 0 unspecified atom stereocenters. The highest BCUT2D eigenvalue weighted by molar-refractivity contribution is 5.81. The lowest BCUT2D eigenvalue weighted by atomic mass is 9.90. The number of ether oxygens (including phenoxy) is 1. The molecule has 3 rings (SSSR count). The third-order valence-electron chi connectivity index (χ3n) is 5.43. The molecule has 0 aliphatic carbocycles. The van der Waals surface area contributed by atoms with Gasteiger partial charge in [-0.25, -0.2) is 0 Å². The number of hydrogen-bond acceptors (Lipinski definition) is 2. The van der Waals surface area contributed by atoms with Crippen molar-refractivity contribution in [1.29, 1.82) is 0 Å². The minimum absolute atomic E-state index is 0.0985. The quantitative estimate of drug-likeness (QED) is 0.791. The van der Waals surface area contributed by atoms with Crippen molar-refractivity contribution in [2.24, 2.45) is 5.92 Å². The van der Waals surface area contributed by atoms with E-state index in [0.29, 0.717) is 5.92 Å². The summed E-state index contributed by atoms with van der Waals surface area (Å²) < 4.78 is 5.90. The van der Waals surface area contributed by atoms with E-state index in [0.717, 1.165) is 38.1 Å². The van der Waals surface area contributed by atoms with Gasteiger partial charge in [0, 0.05) is 13.1 Å². The van der Waals surface area contributed by atoms with Crippen LogP contribution in [0, 0.1) is 19.8 Å². The van der Waals surface area contributed by atoms with Gasteiger partial charge in [-0.1, -0.05) is 36.4 Å². The lowest BCUT2D eigenvalue weighted by Crippen LogP contribution is -2.45. The summed E-state index contributed by atoms with van der Waals surface area (Å²) >= 11 is 0. The molecule has 0 aromatic heterocycles. The maximum atomic E-state index is 12.7. The van der Waals surface area contributed by atoms with Gasteiger partial charge < -0.3 is 9.64 Å². The number of hydrogen-bond donors (Lipinski definition) is 0. The Morgan fingerprint density at radius 3 is 2.42 bits per heavy atom. The lowest BCUT2D eigenvalue weighted by molar-refractivity contribution is -0.139. The van der Waals surface area contributed by atoms with Crippen molar-refractivity contribution in [3.63, 3.8) is 0 Å². The molecule has 1 aliphatic heterocycles. The van der Waals surface area contributed by atoms with Crippen LogP contribution in [0.5, 0.6) is 5.75 Å². The number of aryl methyl sites for hydroxylation is 2. The van der Waals surface area contributed by atoms with E-state index in [1.165, 1.54) is 16.7 Å². The van der Waals surface area contributed by atoms with Crippen molar-refractivity contribution in [2.45, 2.75) is 46.1 Å². The highest BCUT2D eigenvalue weighted by Crippen LogP contribution is 2.23. The first-order valence-corrected chi connectivity index (χ1v) is 9.59. The zero-order valence-corrected chi connectivity index (χ0v) is 16.1. The molecular weight excluding hydrogens is 322 g/mol. The molecule has 1 aliphatic rings. The van der Waals surface area contributed by atoms with Gasteiger partial charge >= 0.3 is 0 Å². The third kappa shape index (κ3) is 4.66. The van der Waals surface area contributed by atoms with Crippen molar-refractivity contribution in [2.75, 3.05) is 13.1 Å². The van der Waals surface area contributed by atoms with Crippen LogP contribution in [0.4, 0.5) is 0 Å². The topological polar surface area (TPSA) is 29.5 Å². The van der Waals surface area contributed by atoms with Crippen LogP contribution < -0.4 is 4.74 Å². The number of piperidine rings is 1. The Morgan fingerprint density at radius 2 is 1.77 bits per heavy atom. The predicted octanol–water partition coefficient (Wildman–Crippen LogP) is 4.55. The van der Waals surface area contributed by atoms with Crippen LogP contribution in [0.15, 0.2) is 48.5 Å². The Hall–Kier alpha value is -2.29. The number of nitrogens with zero attached hydrogens (tertiary/aromatic N) is 1. The third-order valence-corrected chi connectivity index (χ3v) is 5.43. The molecule has 0 radical (unpaired) electrons. The molecule has 1 atom stereocenters. The summed E-state index contributed by atoms with van der Waals surface area (Å²) in [5.41, 5.74) is 3.81. The van der Waals surface area contributed by atoms with Gasteiger partial charge in [-0.15, -0.1) is 0 Å². The Kier molecular flexibility index (Phi) is 5.97. The summed E-state index contributed by atoms with van der Waals surface area (Å²) in [4.78, 5) is 14.7. The van der Waals surface area contributed by atoms with E-state index in [1.807, 2.05) is 30.0 Å². The number of carbonyl (C=O) groups excluding carboxylic acids is 1. The van der Waals surface area contributed by atoms with Gasteiger partial charge in [0.2, 0.25) is 0 Å². The second-order valence-corrected chi connectivity index (χ2v) is 7.46. The van der Waals surface area contributed by atoms with Crippen molar-refractivity contribution >= 4 is 5.91 Å². The van der Waals surface area contributed by atoms with E-state index >= 15 is 0 Å². The SMILES string of the molecule is Cc1ccc(O[C@@H](C)C(=O)N2CCC(Cc3ccccc3)CC2)cc1C. The van der Waals surface area contributed by atoms with Gasteiger partial charge in [0.25, 0.3) is 5.91 Å². The fraction of sp³-hybridized carbons (Fsp3) is 0.435. The molecule has 1 heterocycles. The lowest BCUT2D eigenvalue weighted by Gasteiger charge is -2.33. The largest absolute Gasteiger partial charge is 0.481 e. The minimum atomic E-state index is -0.442. The first kappa shape index (κ1) is 18.5. The average Bonchev–Trinajstić information content (AvgIpc) is 2.65. The van der Waals surface area contributed by atoms with Crippen molar-refractivity contribution in [3.8, 4) is 5.75 Å². The molecule has 0 N–H and O–H groups in total. The van der Waals surface area contributed by atoms with Crippen LogP contribution in [0.3, 0.4) is 0 Å². The number of rotatable bonds is 5. The van der Waals surface area contributed by atoms with Crippen LogP contribution in [-0.2, 0) is 11.2 Å². The second kappa shape index (κ2) is 8.39. The summed E-state index contributed by atoms with van der Waals surface area (Å²) in [5.74, 6) is 1.53. The zero-order valence-electron chi connectivity index (χ0n) is 16.1. The predicted molar refractivity (Wildman–Crippen MR) is 105 cm³/mol. The fourth-order valence-corrected chi connectivity index (χ4v) is 3.60. The van der Waals surface area contributed by atoms with E-state index in [9.17, 15) is 4.79 Å². The van der Waals surface area contributed by atoms with Gasteiger partial charge in [-0.2, -0.15) is 0 Å². The molecule has 3 heteroatoms. The first-order valence-electron chi connectivity index (χ1n) is 9.59. The van der Waals surface area contributed by atoms with E-state index in [1.54, 1.807) is 0 Å². The van der Waals surface area contributed by atoms with Crippen LogP contribution in [0.25, 0.3) is 0 Å². The zero-order chi connectivity index (χ0) is 18.5. The molecule has 2 aromatic rings. The Bertz CT molecular complexity index is 733. The van der Waals surface area contributed by atoms with Crippen LogP contribution in [0.2, 0.25) is 0 Å². The maximum Gasteiger partial charge on any atom is 0.263 e. The highest BCUT2D eigenvalue weighted by atomic mass is 16.5. The summed E-state index contributed by atoms with van der Waals surface area (Å²) in [6.07, 6.45) is 2.80. The Morgan fingerprint density at radius 1 is 1.08 bits per heavy atom. The molecular formula is C23H29NO2. The van der Waals surface area contributed by atoms with Gasteiger partial charge in [0.05, 0.1) is 0 Å². The van der Waals surface area contributed by atoms with Crippen molar-refractivity contribution < 1.29 is 9.53 Å². The van der Waals surface area contributed by atoms with E-state index < -0.39 is 6.10 Å². The van der Waals surface area contributed by atoms with E-state index in [2.05, 4.69) is 44.2 Å². The number of amides is 1. The molecule has 3 nitrogen and oxygen atoms in total. The molecule has 2 aromatic carbocycles. The molecule has 0 spiro atoms. The average molecular weight is 351 g/mol. The van der Waals surface area contributed by atoms with E-state index in [-0.39, 0.29) is 5.91 Å². The molecule has 26 heavy (non-hydrogen) atoms. The smallest absolute Gasteiger partial charge is 0.263 e. The molecule has 138 valence electrons. The number of carbonyl (C=O) groups is 1. The van der Waals surface area contributed by atoms with Crippen molar-refractivity contribution in [1.82, 2.24) is 4.90 Å². The van der Waals surface area contributed by atoms with E-state index in [4.69, 9.17) is 4.74 Å². The molecule has 1 amide bonds. The first-order chi connectivity index (χ1) is 12.5. The number of likely N-dealkylation sites (tertiary alicyclic amines) is 1. The van der Waals surface area contributed by atoms with Gasteiger partial charge in [-0.3, -0.25) is 4.79 Å². The molecule has 1 fully saturated rings. The van der Waals surface area contributed by atoms with Crippen LogP contribution >= 0.6 is 0 Å². The van der Waals surface area contributed by atoms with Gasteiger partial charge in [0.15, 0.2) is 6.10 Å². The van der Waals surface area contributed by atoms with Crippen LogP contribution in [-0.4, -0.2) is 30.0 Å². The summed E-state index contributed by atoms with van der Waals surface area (Å²) in [6, 6.07) is 16.6. The monoisotopic (exact) mass is 351 g/mol. The van der Waals surface area contributed by atoms with Gasteiger partial charge in [0.1, 0.15) is 5.75 Å². The number of benzene rings is 2. The summed E-state index contributed by atoms with van der Waals surface area (Å²) in [6.45, 7) is 7.65. The van der Waals surface area contributed by atoms with Gasteiger partial charge in [-0.05, 0) is 74.8 Å². The maximum absolute atomic E-state index is 12.7. The standard InChI is InChI=1S/C23H29NO2/c1-17-9-10-22(15-18(17)2)26-19(3)23(25)24-13-11-21(12-14-24)16-20-7-5-4-6-8-20/h4-10,15,19,21H,11-14,16H2,1-3H3/t19-/m0/s1. The minimum Gasteiger partial charge on any atom is -0.481 e. The fourth-order valence-electron chi connectivity index (χ4n) is 3.60. The Labute approximate surface area is 157 Å². The highest BCUT2D eigenvalue weighted by Gasteiger charge is 2.27. The molecule has 0 bridgehead atoms. The summed E-state index contributed by atoms with van der Waals surface area (Å²) in [7, 11) is 0. The Balaban J connectivity index is 1.50. The normalized spacial score (nSPS) is 16.3.